The number of para-hydroxylation sites is 3. The zero-order valence-corrected chi connectivity index (χ0v) is 13.8. The first kappa shape index (κ1) is 16.8. The first-order chi connectivity index (χ1) is 12.1. The van der Waals surface area contributed by atoms with E-state index >= 15 is 0 Å². The van der Waals surface area contributed by atoms with Gasteiger partial charge in [0.1, 0.15) is 11.6 Å². The number of carbonyl (C=O) groups excluding carboxylic acids is 1. The lowest BCUT2D eigenvalue weighted by Gasteiger charge is -2.13. The van der Waals surface area contributed by atoms with Gasteiger partial charge in [-0.2, -0.15) is 0 Å². The van der Waals surface area contributed by atoms with Crippen molar-refractivity contribution < 1.29 is 13.9 Å². The number of carbonyl (C=O) groups is 1. The van der Waals surface area contributed by atoms with Crippen LogP contribution in [-0.2, 0) is 0 Å². The van der Waals surface area contributed by atoms with E-state index in [2.05, 4.69) is 10.6 Å². The van der Waals surface area contributed by atoms with Crippen molar-refractivity contribution in [1.82, 2.24) is 0 Å². The third-order valence-electron chi connectivity index (χ3n) is 3.28. The van der Waals surface area contributed by atoms with Gasteiger partial charge < -0.3 is 15.4 Å². The van der Waals surface area contributed by atoms with Crippen LogP contribution < -0.4 is 15.4 Å². The summed E-state index contributed by atoms with van der Waals surface area (Å²) >= 11 is 5.71. The molecule has 4 nitrogen and oxygen atoms in total. The van der Waals surface area contributed by atoms with Crippen LogP contribution in [0, 0.1) is 5.82 Å². The van der Waals surface area contributed by atoms with E-state index in [9.17, 15) is 9.18 Å². The monoisotopic (exact) mass is 356 g/mol. The zero-order chi connectivity index (χ0) is 17.6. The van der Waals surface area contributed by atoms with Crippen LogP contribution in [0.5, 0.6) is 11.5 Å². The summed E-state index contributed by atoms with van der Waals surface area (Å²) in [5, 5.41) is 5.23. The summed E-state index contributed by atoms with van der Waals surface area (Å²) < 4.78 is 18.9. The van der Waals surface area contributed by atoms with Gasteiger partial charge in [0.25, 0.3) is 0 Å². The van der Waals surface area contributed by atoms with Gasteiger partial charge in [-0.25, -0.2) is 9.18 Å². The van der Waals surface area contributed by atoms with Crippen molar-refractivity contribution in [2.24, 2.45) is 0 Å². The molecule has 0 spiro atoms. The Morgan fingerprint density at radius 2 is 1.64 bits per heavy atom. The second-order valence-electron chi connectivity index (χ2n) is 5.12. The molecule has 3 aromatic carbocycles. The molecule has 0 heterocycles. The van der Waals surface area contributed by atoms with Crippen LogP contribution in [0.2, 0.25) is 5.02 Å². The summed E-state index contributed by atoms with van der Waals surface area (Å²) in [4.78, 5) is 12.2. The van der Waals surface area contributed by atoms with E-state index in [1.165, 1.54) is 18.2 Å². The minimum atomic E-state index is -0.547. The number of hydrogen-bond donors (Lipinski definition) is 2. The second-order valence-corrected chi connectivity index (χ2v) is 5.53. The molecule has 0 bridgehead atoms. The molecule has 6 heteroatoms. The third kappa shape index (κ3) is 4.49. The number of nitrogens with one attached hydrogen (secondary N) is 2. The third-order valence-corrected chi connectivity index (χ3v) is 3.57. The molecule has 0 saturated heterocycles. The van der Waals surface area contributed by atoms with Gasteiger partial charge in [-0.15, -0.1) is 0 Å². The summed E-state index contributed by atoms with van der Waals surface area (Å²) in [5.74, 6) is 0.609. The van der Waals surface area contributed by atoms with Gasteiger partial charge in [-0.1, -0.05) is 41.9 Å². The number of rotatable bonds is 4. The highest BCUT2D eigenvalue weighted by Gasteiger charge is 2.09. The first-order valence-corrected chi connectivity index (χ1v) is 7.84. The predicted octanol–water partition coefficient (Wildman–Crippen LogP) is 5.92. The van der Waals surface area contributed by atoms with E-state index in [0.29, 0.717) is 22.9 Å². The highest BCUT2D eigenvalue weighted by molar-refractivity contribution is 6.31. The van der Waals surface area contributed by atoms with Gasteiger partial charge in [0, 0.05) is 5.69 Å². The van der Waals surface area contributed by atoms with Crippen LogP contribution in [-0.4, -0.2) is 6.03 Å². The molecule has 3 rings (SSSR count). The number of halogens is 2. The molecule has 0 radical (unpaired) electrons. The molecular weight excluding hydrogens is 343 g/mol. The minimum Gasteiger partial charge on any atom is -0.455 e. The van der Waals surface area contributed by atoms with Gasteiger partial charge in [0.2, 0.25) is 0 Å². The largest absolute Gasteiger partial charge is 0.455 e. The van der Waals surface area contributed by atoms with Crippen molar-refractivity contribution >= 4 is 29.0 Å². The summed E-state index contributed by atoms with van der Waals surface area (Å²) in [5.41, 5.74) is 0.877. The molecule has 0 aliphatic heterocycles. The topological polar surface area (TPSA) is 50.4 Å². The molecule has 0 saturated carbocycles. The van der Waals surface area contributed by atoms with E-state index in [0.717, 1.165) is 0 Å². The Hall–Kier alpha value is -3.05. The summed E-state index contributed by atoms with van der Waals surface area (Å²) in [6.45, 7) is 0. The van der Waals surface area contributed by atoms with Crippen LogP contribution in [0.15, 0.2) is 72.8 Å². The molecule has 0 aliphatic rings. The highest BCUT2D eigenvalue weighted by Crippen LogP contribution is 2.29. The lowest BCUT2D eigenvalue weighted by Crippen LogP contribution is -2.19. The van der Waals surface area contributed by atoms with Gasteiger partial charge in [0.15, 0.2) is 5.75 Å². The Kier molecular flexibility index (Phi) is 5.16. The lowest BCUT2D eigenvalue weighted by atomic mass is 10.3. The second kappa shape index (κ2) is 7.68. The van der Waals surface area contributed by atoms with Crippen molar-refractivity contribution in [3.8, 4) is 11.5 Å². The SMILES string of the molecule is O=C(Nc1ccc(F)c(Cl)c1)Nc1ccccc1Oc1ccccc1. The van der Waals surface area contributed by atoms with Crippen molar-refractivity contribution in [1.29, 1.82) is 0 Å². The van der Waals surface area contributed by atoms with Crippen molar-refractivity contribution in [3.63, 3.8) is 0 Å². The molecule has 0 unspecified atom stereocenters. The quantitative estimate of drug-likeness (QED) is 0.610. The van der Waals surface area contributed by atoms with Crippen molar-refractivity contribution in [2.75, 3.05) is 10.6 Å². The van der Waals surface area contributed by atoms with Gasteiger partial charge >= 0.3 is 6.03 Å². The van der Waals surface area contributed by atoms with Crippen molar-refractivity contribution in [2.45, 2.75) is 0 Å². The van der Waals surface area contributed by atoms with Crippen LogP contribution in [0.25, 0.3) is 0 Å². The fourth-order valence-electron chi connectivity index (χ4n) is 2.13. The Labute approximate surface area is 149 Å². The maximum Gasteiger partial charge on any atom is 0.323 e. The van der Waals surface area contributed by atoms with Gasteiger partial charge in [-0.05, 0) is 42.5 Å². The van der Waals surface area contributed by atoms with Crippen LogP contribution in [0.3, 0.4) is 0 Å². The molecular formula is C19H14ClFN2O2. The molecule has 3 aromatic rings. The van der Waals surface area contributed by atoms with Crippen LogP contribution in [0.4, 0.5) is 20.6 Å². The Morgan fingerprint density at radius 1 is 0.920 bits per heavy atom. The Bertz CT molecular complexity index is 888. The Morgan fingerprint density at radius 3 is 2.40 bits per heavy atom. The number of anilines is 2. The number of ether oxygens (including phenoxy) is 1. The lowest BCUT2D eigenvalue weighted by molar-refractivity contribution is 0.262. The van der Waals surface area contributed by atoms with E-state index < -0.39 is 11.8 Å². The normalized spacial score (nSPS) is 10.2. The molecule has 25 heavy (non-hydrogen) atoms. The maximum atomic E-state index is 13.2. The molecule has 2 amide bonds. The summed E-state index contributed by atoms with van der Waals surface area (Å²) in [7, 11) is 0. The standard InChI is InChI=1S/C19H14ClFN2O2/c20-15-12-13(10-11-16(15)21)22-19(24)23-17-8-4-5-9-18(17)25-14-6-2-1-3-7-14/h1-12H,(H2,22,23,24). The number of urea groups is 1. The number of hydrogen-bond acceptors (Lipinski definition) is 2. The van der Waals surface area contributed by atoms with Crippen LogP contribution in [0.1, 0.15) is 0 Å². The smallest absolute Gasteiger partial charge is 0.323 e. The van der Waals surface area contributed by atoms with Crippen molar-refractivity contribution in [3.05, 3.63) is 83.6 Å². The number of amides is 2. The van der Waals surface area contributed by atoms with E-state index in [-0.39, 0.29) is 5.02 Å². The first-order valence-electron chi connectivity index (χ1n) is 7.47. The fraction of sp³-hybridized carbons (Fsp3) is 0. The zero-order valence-electron chi connectivity index (χ0n) is 13.0. The molecule has 0 aromatic heterocycles. The molecule has 0 aliphatic carbocycles. The minimum absolute atomic E-state index is 0.0642. The highest BCUT2D eigenvalue weighted by atomic mass is 35.5. The maximum absolute atomic E-state index is 13.2. The number of benzene rings is 3. The summed E-state index contributed by atoms with van der Waals surface area (Å²) in [6, 6.07) is 19.7. The summed E-state index contributed by atoms with van der Waals surface area (Å²) in [6.07, 6.45) is 0. The molecule has 0 fully saturated rings. The molecule has 0 atom stereocenters. The van der Waals surface area contributed by atoms with Gasteiger partial charge in [0.05, 0.1) is 10.7 Å². The van der Waals surface area contributed by atoms with E-state index in [1.54, 1.807) is 24.3 Å². The van der Waals surface area contributed by atoms with Gasteiger partial charge in [-0.3, -0.25) is 0 Å². The van der Waals surface area contributed by atoms with Crippen LogP contribution >= 0.6 is 11.6 Å². The van der Waals surface area contributed by atoms with E-state index in [1.807, 2.05) is 30.3 Å². The molecule has 2 N–H and O–H groups in total. The Balaban J connectivity index is 1.72. The average molecular weight is 357 g/mol. The predicted molar refractivity (Wildman–Crippen MR) is 97.0 cm³/mol. The van der Waals surface area contributed by atoms with E-state index in [4.69, 9.17) is 16.3 Å². The average Bonchev–Trinajstić information content (AvgIpc) is 2.61. The molecule has 126 valence electrons. The fourth-order valence-corrected chi connectivity index (χ4v) is 2.31.